The van der Waals surface area contributed by atoms with E-state index in [1.807, 2.05) is 0 Å². The minimum absolute atomic E-state index is 0.101. The molecule has 2 rings (SSSR count). The SMILES string of the molecule is CC(c1ccco1)N(C)C(=O)/C=C/c1ccc(OC(F)F)cc1OC(F)F. The molecule has 1 heterocycles. The van der Waals surface area contributed by atoms with Crippen LogP contribution in [0.2, 0.25) is 0 Å². The molecule has 0 saturated heterocycles. The summed E-state index contributed by atoms with van der Waals surface area (Å²) in [6.45, 7) is -4.52. The largest absolute Gasteiger partial charge is 0.467 e. The fraction of sp³-hybridized carbons (Fsp3) is 0.278. The molecular weight excluding hydrogens is 370 g/mol. The van der Waals surface area contributed by atoms with E-state index in [9.17, 15) is 22.4 Å². The molecule has 146 valence electrons. The van der Waals surface area contributed by atoms with Gasteiger partial charge in [-0.05, 0) is 37.3 Å². The van der Waals surface area contributed by atoms with Crippen molar-refractivity contribution in [1.82, 2.24) is 4.90 Å². The molecule has 0 aliphatic carbocycles. The van der Waals surface area contributed by atoms with Crippen LogP contribution in [0.5, 0.6) is 11.5 Å². The number of ether oxygens (including phenoxy) is 2. The van der Waals surface area contributed by atoms with Crippen molar-refractivity contribution < 1.29 is 36.2 Å². The van der Waals surface area contributed by atoms with Gasteiger partial charge in [0.1, 0.15) is 17.3 Å². The van der Waals surface area contributed by atoms with Gasteiger partial charge in [0.05, 0.1) is 12.3 Å². The van der Waals surface area contributed by atoms with Gasteiger partial charge in [0, 0.05) is 24.8 Å². The topological polar surface area (TPSA) is 51.9 Å². The van der Waals surface area contributed by atoms with Gasteiger partial charge < -0.3 is 18.8 Å². The molecule has 9 heteroatoms. The van der Waals surface area contributed by atoms with Gasteiger partial charge in [-0.3, -0.25) is 4.79 Å². The van der Waals surface area contributed by atoms with E-state index in [1.54, 1.807) is 26.1 Å². The summed E-state index contributed by atoms with van der Waals surface area (Å²) >= 11 is 0. The van der Waals surface area contributed by atoms with Gasteiger partial charge in [-0.15, -0.1) is 0 Å². The van der Waals surface area contributed by atoms with Crippen LogP contribution in [0.15, 0.2) is 47.1 Å². The van der Waals surface area contributed by atoms with Gasteiger partial charge in [0.25, 0.3) is 0 Å². The molecule has 0 radical (unpaired) electrons. The first-order valence-electron chi connectivity index (χ1n) is 7.80. The van der Waals surface area contributed by atoms with Crippen LogP contribution in [0.4, 0.5) is 17.6 Å². The molecule has 1 atom stereocenters. The van der Waals surface area contributed by atoms with E-state index < -0.39 is 24.9 Å². The number of nitrogens with zero attached hydrogens (tertiary/aromatic N) is 1. The average Bonchev–Trinajstić information content (AvgIpc) is 3.13. The second-order valence-corrected chi connectivity index (χ2v) is 5.43. The average molecular weight is 387 g/mol. The number of amides is 1. The van der Waals surface area contributed by atoms with Crippen molar-refractivity contribution in [3.8, 4) is 11.5 Å². The summed E-state index contributed by atoms with van der Waals surface area (Å²) in [5, 5.41) is 0. The van der Waals surface area contributed by atoms with Crippen LogP contribution >= 0.6 is 0 Å². The van der Waals surface area contributed by atoms with E-state index in [1.165, 1.54) is 23.3 Å². The fourth-order valence-electron chi connectivity index (χ4n) is 2.22. The molecule has 1 amide bonds. The van der Waals surface area contributed by atoms with E-state index >= 15 is 0 Å². The Balaban J connectivity index is 2.17. The van der Waals surface area contributed by atoms with Crippen molar-refractivity contribution in [3.05, 3.63) is 54.0 Å². The van der Waals surface area contributed by atoms with Crippen molar-refractivity contribution >= 4 is 12.0 Å². The molecule has 0 N–H and O–H groups in total. The Labute approximate surface area is 152 Å². The van der Waals surface area contributed by atoms with E-state index in [0.29, 0.717) is 5.76 Å². The Morgan fingerprint density at radius 1 is 1.15 bits per heavy atom. The number of alkyl halides is 4. The number of hydrogen-bond donors (Lipinski definition) is 0. The Bertz CT molecular complexity index is 778. The number of carbonyl (C=O) groups excluding carboxylic acids is 1. The summed E-state index contributed by atoms with van der Waals surface area (Å²) in [6, 6.07) is 6.35. The molecule has 1 aromatic carbocycles. The molecule has 0 aliphatic rings. The predicted molar refractivity (Wildman–Crippen MR) is 88.6 cm³/mol. The molecule has 0 saturated carbocycles. The Kier molecular flexibility index (Phi) is 6.86. The highest BCUT2D eigenvalue weighted by atomic mass is 19.3. The van der Waals surface area contributed by atoms with Crippen LogP contribution in [-0.2, 0) is 4.79 Å². The lowest BCUT2D eigenvalue weighted by Crippen LogP contribution is -2.27. The third kappa shape index (κ3) is 5.77. The predicted octanol–water partition coefficient (Wildman–Crippen LogP) is 4.72. The highest BCUT2D eigenvalue weighted by Crippen LogP contribution is 2.29. The highest BCUT2D eigenvalue weighted by molar-refractivity contribution is 5.92. The maximum atomic E-state index is 12.6. The number of carbonyl (C=O) groups is 1. The molecule has 1 unspecified atom stereocenters. The third-order valence-corrected chi connectivity index (χ3v) is 3.72. The van der Waals surface area contributed by atoms with Gasteiger partial charge in [0.2, 0.25) is 5.91 Å². The van der Waals surface area contributed by atoms with E-state index in [-0.39, 0.29) is 17.4 Å². The zero-order valence-electron chi connectivity index (χ0n) is 14.4. The van der Waals surface area contributed by atoms with Crippen molar-refractivity contribution in [1.29, 1.82) is 0 Å². The Morgan fingerprint density at radius 2 is 1.85 bits per heavy atom. The molecule has 1 aromatic heterocycles. The number of hydrogen-bond acceptors (Lipinski definition) is 4. The Hall–Kier alpha value is -2.97. The number of likely N-dealkylation sites (N-methyl/N-ethyl adjacent to an activating group) is 1. The molecule has 5 nitrogen and oxygen atoms in total. The lowest BCUT2D eigenvalue weighted by atomic mass is 10.1. The third-order valence-electron chi connectivity index (χ3n) is 3.72. The van der Waals surface area contributed by atoms with E-state index in [2.05, 4.69) is 9.47 Å². The van der Waals surface area contributed by atoms with Crippen molar-refractivity contribution in [3.63, 3.8) is 0 Å². The maximum Gasteiger partial charge on any atom is 0.387 e. The van der Waals surface area contributed by atoms with Crippen molar-refractivity contribution in [2.24, 2.45) is 0 Å². The van der Waals surface area contributed by atoms with Crippen LogP contribution < -0.4 is 9.47 Å². The second-order valence-electron chi connectivity index (χ2n) is 5.43. The molecule has 0 aliphatic heterocycles. The van der Waals surface area contributed by atoms with Gasteiger partial charge in [0.15, 0.2) is 0 Å². The van der Waals surface area contributed by atoms with Crippen molar-refractivity contribution in [2.45, 2.75) is 26.2 Å². The number of halogens is 4. The molecule has 0 spiro atoms. The zero-order chi connectivity index (χ0) is 20.0. The minimum atomic E-state index is -3.17. The van der Waals surface area contributed by atoms with Crippen LogP contribution in [0.25, 0.3) is 6.08 Å². The Morgan fingerprint density at radius 3 is 2.44 bits per heavy atom. The summed E-state index contributed by atoms with van der Waals surface area (Å²) in [5.41, 5.74) is 0.101. The molecule has 2 aromatic rings. The number of benzene rings is 1. The standard InChI is InChI=1S/C18H17F4NO4/c1-11(14-4-3-9-25-14)23(2)16(24)8-6-12-5-7-13(26-17(19)20)10-15(12)27-18(21)22/h3-11,17-18H,1-2H3/b8-6+. The van der Waals surface area contributed by atoms with Crippen molar-refractivity contribution in [2.75, 3.05) is 7.05 Å². The molecule has 27 heavy (non-hydrogen) atoms. The monoisotopic (exact) mass is 387 g/mol. The van der Waals surface area contributed by atoms with Crippen LogP contribution in [-0.4, -0.2) is 31.1 Å². The first-order chi connectivity index (χ1) is 12.8. The maximum absolute atomic E-state index is 12.6. The highest BCUT2D eigenvalue weighted by Gasteiger charge is 2.18. The molecule has 0 fully saturated rings. The number of rotatable bonds is 8. The molecule has 0 bridgehead atoms. The quantitative estimate of drug-likeness (QED) is 0.486. The van der Waals surface area contributed by atoms with Gasteiger partial charge in [-0.2, -0.15) is 17.6 Å². The van der Waals surface area contributed by atoms with Crippen LogP contribution in [0.1, 0.15) is 24.3 Å². The van der Waals surface area contributed by atoms with E-state index in [0.717, 1.165) is 18.2 Å². The molecular formula is C18H17F4NO4. The van der Waals surface area contributed by atoms with Gasteiger partial charge in [-0.1, -0.05) is 0 Å². The summed E-state index contributed by atoms with van der Waals surface area (Å²) < 4.78 is 63.4. The first-order valence-corrected chi connectivity index (χ1v) is 7.80. The van der Waals surface area contributed by atoms with Gasteiger partial charge in [-0.25, -0.2) is 0 Å². The summed E-state index contributed by atoms with van der Waals surface area (Å²) in [6.07, 6.45) is 3.88. The summed E-state index contributed by atoms with van der Waals surface area (Å²) in [4.78, 5) is 13.7. The second kappa shape index (κ2) is 9.11. The van der Waals surface area contributed by atoms with Crippen LogP contribution in [0.3, 0.4) is 0 Å². The number of furan rings is 1. The summed E-state index contributed by atoms with van der Waals surface area (Å²) in [7, 11) is 1.55. The zero-order valence-corrected chi connectivity index (χ0v) is 14.4. The fourth-order valence-corrected chi connectivity index (χ4v) is 2.22. The summed E-state index contributed by atoms with van der Waals surface area (Å²) in [5.74, 6) is -0.578. The normalized spacial score (nSPS) is 12.6. The first kappa shape index (κ1) is 20.3. The van der Waals surface area contributed by atoms with E-state index in [4.69, 9.17) is 4.42 Å². The van der Waals surface area contributed by atoms with Gasteiger partial charge >= 0.3 is 13.2 Å². The lowest BCUT2D eigenvalue weighted by Gasteiger charge is -2.21. The lowest BCUT2D eigenvalue weighted by molar-refractivity contribution is -0.126. The minimum Gasteiger partial charge on any atom is -0.467 e. The van der Waals surface area contributed by atoms with Crippen LogP contribution in [0, 0.1) is 0 Å². The smallest absolute Gasteiger partial charge is 0.387 e.